The molecule has 0 radical (unpaired) electrons. The summed E-state index contributed by atoms with van der Waals surface area (Å²) in [7, 11) is 1.35. The lowest BCUT2D eigenvalue weighted by Crippen LogP contribution is -2.13. The number of ether oxygens (including phenoxy) is 1. The summed E-state index contributed by atoms with van der Waals surface area (Å²) < 4.78 is 4.72. The molecule has 1 unspecified atom stereocenters. The minimum atomic E-state index is -0.424. The van der Waals surface area contributed by atoms with Crippen LogP contribution in [0.25, 0.3) is 0 Å². The Kier molecular flexibility index (Phi) is 3.15. The third-order valence-electron chi connectivity index (χ3n) is 3.55. The lowest BCUT2D eigenvalue weighted by atomic mass is 10.1. The molecular weight excluding hydrogens is 230 g/mol. The Morgan fingerprint density at radius 1 is 1.67 bits per heavy atom. The molecule has 1 aromatic rings. The molecule has 1 aliphatic carbocycles. The molecule has 0 bridgehead atoms. The van der Waals surface area contributed by atoms with Crippen LogP contribution in [0, 0.1) is 11.3 Å². The van der Waals surface area contributed by atoms with E-state index in [0.29, 0.717) is 28.4 Å². The van der Waals surface area contributed by atoms with Crippen molar-refractivity contribution in [3.05, 3.63) is 17.8 Å². The van der Waals surface area contributed by atoms with Gasteiger partial charge in [0.25, 0.3) is 0 Å². The Morgan fingerprint density at radius 2 is 2.33 bits per heavy atom. The fourth-order valence-corrected chi connectivity index (χ4v) is 2.03. The van der Waals surface area contributed by atoms with E-state index in [-0.39, 0.29) is 0 Å². The van der Waals surface area contributed by atoms with E-state index in [2.05, 4.69) is 24.1 Å². The van der Waals surface area contributed by atoms with Crippen molar-refractivity contribution in [2.24, 2.45) is 11.3 Å². The summed E-state index contributed by atoms with van der Waals surface area (Å²) in [5, 5.41) is 3.21. The Morgan fingerprint density at radius 3 is 2.89 bits per heavy atom. The standard InChI is InChI=1S/C13H19N3O2/c1-13(2)5-8(13)6-15-11-10(12(17)18-3)4-9(14)7-16-11/h4,7-8H,5-6,14H2,1-3H3,(H,15,16). The van der Waals surface area contributed by atoms with Gasteiger partial charge in [-0.3, -0.25) is 0 Å². The highest BCUT2D eigenvalue weighted by atomic mass is 16.5. The van der Waals surface area contributed by atoms with Crippen LogP contribution in [0.3, 0.4) is 0 Å². The number of nitrogens with zero attached hydrogens (tertiary/aromatic N) is 1. The highest BCUT2D eigenvalue weighted by molar-refractivity contribution is 5.95. The van der Waals surface area contributed by atoms with Crippen LogP contribution in [-0.2, 0) is 4.74 Å². The minimum Gasteiger partial charge on any atom is -0.465 e. The second kappa shape index (κ2) is 4.48. The molecule has 0 aromatic carbocycles. The number of hydrogen-bond donors (Lipinski definition) is 2. The number of esters is 1. The van der Waals surface area contributed by atoms with E-state index in [4.69, 9.17) is 10.5 Å². The molecule has 5 heteroatoms. The molecule has 1 saturated carbocycles. The van der Waals surface area contributed by atoms with E-state index >= 15 is 0 Å². The van der Waals surface area contributed by atoms with Crippen LogP contribution in [0.2, 0.25) is 0 Å². The first-order chi connectivity index (χ1) is 8.44. The van der Waals surface area contributed by atoms with Gasteiger partial charge in [-0.05, 0) is 23.8 Å². The van der Waals surface area contributed by atoms with E-state index in [1.165, 1.54) is 19.7 Å². The van der Waals surface area contributed by atoms with E-state index in [0.717, 1.165) is 6.54 Å². The average Bonchev–Trinajstić information content (AvgIpc) is 2.94. The molecule has 0 saturated heterocycles. The fourth-order valence-electron chi connectivity index (χ4n) is 2.03. The zero-order valence-electron chi connectivity index (χ0n) is 11.0. The van der Waals surface area contributed by atoms with Gasteiger partial charge < -0.3 is 15.8 Å². The van der Waals surface area contributed by atoms with Crippen molar-refractivity contribution in [1.82, 2.24) is 4.98 Å². The summed E-state index contributed by atoms with van der Waals surface area (Å²) in [5.41, 5.74) is 6.87. The molecule has 18 heavy (non-hydrogen) atoms. The van der Waals surface area contributed by atoms with Crippen LogP contribution in [0.1, 0.15) is 30.6 Å². The van der Waals surface area contributed by atoms with Gasteiger partial charge in [-0.2, -0.15) is 0 Å². The number of hydrogen-bond acceptors (Lipinski definition) is 5. The zero-order chi connectivity index (χ0) is 13.3. The lowest BCUT2D eigenvalue weighted by Gasteiger charge is -2.11. The minimum absolute atomic E-state index is 0.385. The first-order valence-corrected chi connectivity index (χ1v) is 6.02. The number of anilines is 2. The summed E-state index contributed by atoms with van der Waals surface area (Å²) in [6.07, 6.45) is 2.73. The first kappa shape index (κ1) is 12.7. The number of pyridine rings is 1. The smallest absolute Gasteiger partial charge is 0.341 e. The molecule has 0 aliphatic heterocycles. The molecule has 3 N–H and O–H groups in total. The van der Waals surface area contributed by atoms with Gasteiger partial charge in [0.05, 0.1) is 19.0 Å². The van der Waals surface area contributed by atoms with Gasteiger partial charge in [0.2, 0.25) is 0 Å². The Bertz CT molecular complexity index is 471. The maximum Gasteiger partial charge on any atom is 0.341 e. The number of methoxy groups -OCH3 is 1. The summed E-state index contributed by atoms with van der Waals surface area (Å²) in [6, 6.07) is 1.58. The number of rotatable bonds is 4. The lowest BCUT2D eigenvalue weighted by molar-refractivity contribution is 0.0601. The van der Waals surface area contributed by atoms with E-state index in [9.17, 15) is 4.79 Å². The Hall–Kier alpha value is -1.78. The topological polar surface area (TPSA) is 77.2 Å². The van der Waals surface area contributed by atoms with Crippen LogP contribution < -0.4 is 11.1 Å². The van der Waals surface area contributed by atoms with Gasteiger partial charge >= 0.3 is 5.97 Å². The van der Waals surface area contributed by atoms with Crippen LogP contribution in [0.5, 0.6) is 0 Å². The largest absolute Gasteiger partial charge is 0.465 e. The summed E-state index contributed by atoms with van der Waals surface area (Å²) in [5.74, 6) is 0.744. The quantitative estimate of drug-likeness (QED) is 0.797. The van der Waals surface area contributed by atoms with Crippen molar-refractivity contribution >= 4 is 17.5 Å². The second-order valence-corrected chi connectivity index (χ2v) is 5.43. The molecule has 2 rings (SSSR count). The number of carbonyl (C=O) groups excluding carboxylic acids is 1. The average molecular weight is 249 g/mol. The van der Waals surface area contributed by atoms with Crippen molar-refractivity contribution in [3.8, 4) is 0 Å². The molecule has 1 fully saturated rings. The monoisotopic (exact) mass is 249 g/mol. The summed E-state index contributed by atoms with van der Waals surface area (Å²) >= 11 is 0. The molecular formula is C13H19N3O2. The van der Waals surface area contributed by atoms with E-state index < -0.39 is 5.97 Å². The molecule has 1 aliphatic rings. The Balaban J connectivity index is 2.09. The van der Waals surface area contributed by atoms with Crippen molar-refractivity contribution in [1.29, 1.82) is 0 Å². The molecule has 0 amide bonds. The second-order valence-electron chi connectivity index (χ2n) is 5.43. The molecule has 1 aromatic heterocycles. The maximum atomic E-state index is 11.6. The van der Waals surface area contributed by atoms with Crippen molar-refractivity contribution in [2.75, 3.05) is 24.7 Å². The van der Waals surface area contributed by atoms with E-state index in [1.54, 1.807) is 6.07 Å². The molecule has 1 atom stereocenters. The predicted molar refractivity (Wildman–Crippen MR) is 70.4 cm³/mol. The van der Waals surface area contributed by atoms with Crippen molar-refractivity contribution < 1.29 is 9.53 Å². The van der Waals surface area contributed by atoms with Gasteiger partial charge in [0.15, 0.2) is 0 Å². The van der Waals surface area contributed by atoms with Gasteiger partial charge in [-0.15, -0.1) is 0 Å². The number of nitrogens with two attached hydrogens (primary N) is 1. The van der Waals surface area contributed by atoms with Gasteiger partial charge in [0, 0.05) is 6.54 Å². The van der Waals surface area contributed by atoms with Crippen molar-refractivity contribution in [2.45, 2.75) is 20.3 Å². The summed E-state index contributed by atoms with van der Waals surface area (Å²) in [6.45, 7) is 5.28. The third kappa shape index (κ3) is 2.55. The van der Waals surface area contributed by atoms with Crippen LogP contribution in [0.4, 0.5) is 11.5 Å². The van der Waals surface area contributed by atoms with Gasteiger partial charge in [-0.25, -0.2) is 9.78 Å². The molecule has 0 spiro atoms. The predicted octanol–water partition coefficient (Wildman–Crippen LogP) is 1.91. The highest BCUT2D eigenvalue weighted by Crippen LogP contribution is 2.51. The zero-order valence-corrected chi connectivity index (χ0v) is 11.0. The first-order valence-electron chi connectivity index (χ1n) is 6.02. The van der Waals surface area contributed by atoms with E-state index in [1.807, 2.05) is 0 Å². The number of nitrogen functional groups attached to an aromatic ring is 1. The summed E-state index contributed by atoms with van der Waals surface area (Å²) in [4.78, 5) is 15.8. The maximum absolute atomic E-state index is 11.6. The molecule has 1 heterocycles. The third-order valence-corrected chi connectivity index (χ3v) is 3.55. The molecule has 98 valence electrons. The van der Waals surface area contributed by atoms with Gasteiger partial charge in [0.1, 0.15) is 11.4 Å². The van der Waals surface area contributed by atoms with Crippen LogP contribution in [-0.4, -0.2) is 24.6 Å². The molecule has 5 nitrogen and oxygen atoms in total. The number of aromatic nitrogens is 1. The van der Waals surface area contributed by atoms with Crippen LogP contribution in [0.15, 0.2) is 12.3 Å². The number of nitrogens with one attached hydrogen (secondary N) is 1. The normalized spacial score (nSPS) is 20.3. The number of carbonyl (C=O) groups is 1. The fraction of sp³-hybridized carbons (Fsp3) is 0.538. The highest BCUT2D eigenvalue weighted by Gasteiger charge is 2.45. The van der Waals surface area contributed by atoms with Crippen LogP contribution >= 0.6 is 0 Å². The SMILES string of the molecule is COC(=O)c1cc(N)cnc1NCC1CC1(C)C. The Labute approximate surface area is 107 Å². The van der Waals surface area contributed by atoms with Gasteiger partial charge in [-0.1, -0.05) is 13.8 Å². The van der Waals surface area contributed by atoms with Crippen molar-refractivity contribution in [3.63, 3.8) is 0 Å².